The Kier molecular flexibility index (Phi) is 3.26. The molecular formula is C7H15NO3. The molecule has 1 heterocycles. The third kappa shape index (κ3) is 1.90. The Bertz CT molecular complexity index is 108. The molecule has 0 aromatic rings. The number of hydrogen-bond donors (Lipinski definition) is 2. The van der Waals surface area contributed by atoms with Gasteiger partial charge in [-0.15, -0.1) is 0 Å². The topological polar surface area (TPSA) is 52.9 Å². The third-order valence-corrected chi connectivity index (χ3v) is 2.19. The van der Waals surface area contributed by atoms with Crippen LogP contribution in [0.5, 0.6) is 0 Å². The molecule has 0 spiro atoms. The van der Waals surface area contributed by atoms with Crippen LogP contribution in [0.2, 0.25) is 0 Å². The quantitative estimate of drug-likeness (QED) is 0.527. The van der Waals surface area contributed by atoms with Gasteiger partial charge in [0.05, 0.1) is 38.5 Å². The van der Waals surface area contributed by atoms with Gasteiger partial charge in [0.15, 0.2) is 0 Å². The van der Waals surface area contributed by atoms with Gasteiger partial charge in [-0.05, 0) is 7.05 Å². The van der Waals surface area contributed by atoms with Crippen molar-refractivity contribution in [2.45, 2.75) is 12.1 Å². The molecule has 4 nitrogen and oxygen atoms in total. The molecule has 1 saturated heterocycles. The van der Waals surface area contributed by atoms with Crippen molar-refractivity contribution in [1.29, 1.82) is 0 Å². The normalized spacial score (nSPS) is 34.1. The highest BCUT2D eigenvalue weighted by molar-refractivity contribution is 4.79. The largest absolute Gasteiger partial charge is 0.395 e. The molecule has 0 amide bonds. The second kappa shape index (κ2) is 4.01. The average Bonchev–Trinajstić information content (AvgIpc) is 2.05. The van der Waals surface area contributed by atoms with E-state index in [-0.39, 0.29) is 25.3 Å². The van der Waals surface area contributed by atoms with Gasteiger partial charge in [-0.25, -0.2) is 0 Å². The maximum atomic E-state index is 8.87. The molecule has 2 atom stereocenters. The Labute approximate surface area is 66.4 Å². The monoisotopic (exact) mass is 161 g/mol. The molecule has 11 heavy (non-hydrogen) atoms. The van der Waals surface area contributed by atoms with Crippen LogP contribution in [0.4, 0.5) is 0 Å². The van der Waals surface area contributed by atoms with E-state index >= 15 is 0 Å². The van der Waals surface area contributed by atoms with Crippen molar-refractivity contribution in [2.24, 2.45) is 0 Å². The number of aliphatic hydroxyl groups is 2. The summed E-state index contributed by atoms with van der Waals surface area (Å²) in [5, 5.41) is 17.7. The van der Waals surface area contributed by atoms with Crippen LogP contribution < -0.4 is 0 Å². The minimum atomic E-state index is 0.0425. The Morgan fingerprint density at radius 2 is 1.73 bits per heavy atom. The molecule has 66 valence electrons. The number of aliphatic hydroxyl groups excluding tert-OH is 2. The van der Waals surface area contributed by atoms with Crippen LogP contribution in [0.1, 0.15) is 0 Å². The second-order valence-electron chi connectivity index (χ2n) is 2.88. The zero-order valence-corrected chi connectivity index (χ0v) is 6.73. The fourth-order valence-corrected chi connectivity index (χ4v) is 1.24. The lowest BCUT2D eigenvalue weighted by Gasteiger charge is -2.37. The lowest BCUT2D eigenvalue weighted by Crippen LogP contribution is -2.52. The smallest absolute Gasteiger partial charge is 0.0645 e. The van der Waals surface area contributed by atoms with Crippen LogP contribution in [0.15, 0.2) is 0 Å². The number of hydrogen-bond acceptors (Lipinski definition) is 4. The van der Waals surface area contributed by atoms with E-state index in [1.165, 1.54) is 0 Å². The van der Waals surface area contributed by atoms with E-state index in [0.717, 1.165) is 0 Å². The number of ether oxygens (including phenoxy) is 1. The number of nitrogens with zero attached hydrogens (tertiary/aromatic N) is 1. The first-order valence-corrected chi connectivity index (χ1v) is 3.81. The van der Waals surface area contributed by atoms with E-state index in [2.05, 4.69) is 0 Å². The summed E-state index contributed by atoms with van der Waals surface area (Å²) in [6.45, 7) is 1.30. The van der Waals surface area contributed by atoms with Crippen molar-refractivity contribution >= 4 is 0 Å². The summed E-state index contributed by atoms with van der Waals surface area (Å²) in [6, 6.07) is 0.0850. The van der Waals surface area contributed by atoms with Crippen LogP contribution in [-0.4, -0.2) is 60.7 Å². The van der Waals surface area contributed by atoms with Gasteiger partial charge in [-0.1, -0.05) is 0 Å². The Morgan fingerprint density at radius 3 is 2.09 bits per heavy atom. The highest BCUT2D eigenvalue weighted by atomic mass is 16.5. The summed E-state index contributed by atoms with van der Waals surface area (Å²) < 4.78 is 5.19. The predicted molar refractivity (Wildman–Crippen MR) is 40.3 cm³/mol. The van der Waals surface area contributed by atoms with Crippen molar-refractivity contribution in [3.05, 3.63) is 0 Å². The van der Waals surface area contributed by atoms with Crippen molar-refractivity contribution in [3.63, 3.8) is 0 Å². The van der Waals surface area contributed by atoms with E-state index in [9.17, 15) is 0 Å². The molecule has 1 rings (SSSR count). The lowest BCUT2D eigenvalue weighted by atomic mass is 10.2. The molecule has 0 aromatic heterocycles. The summed E-state index contributed by atoms with van der Waals surface area (Å²) in [6.07, 6.45) is 0. The van der Waals surface area contributed by atoms with Crippen molar-refractivity contribution in [2.75, 3.05) is 33.5 Å². The first-order chi connectivity index (χ1) is 5.29. The molecule has 0 saturated carbocycles. The Morgan fingerprint density at radius 1 is 1.27 bits per heavy atom. The molecule has 1 aliphatic rings. The Hall–Kier alpha value is -0.160. The van der Waals surface area contributed by atoms with E-state index < -0.39 is 0 Å². The van der Waals surface area contributed by atoms with Crippen LogP contribution in [0.25, 0.3) is 0 Å². The molecule has 2 unspecified atom stereocenters. The molecule has 0 radical (unpaired) electrons. The van der Waals surface area contributed by atoms with Crippen molar-refractivity contribution < 1.29 is 14.9 Å². The van der Waals surface area contributed by atoms with Gasteiger partial charge in [0, 0.05) is 0 Å². The fraction of sp³-hybridized carbons (Fsp3) is 1.00. The maximum absolute atomic E-state index is 8.87. The zero-order chi connectivity index (χ0) is 8.27. The van der Waals surface area contributed by atoms with Gasteiger partial charge in [-0.3, -0.25) is 4.90 Å². The highest BCUT2D eigenvalue weighted by Crippen LogP contribution is 2.09. The summed E-state index contributed by atoms with van der Waals surface area (Å²) in [7, 11) is 1.89. The summed E-state index contributed by atoms with van der Waals surface area (Å²) in [5.41, 5.74) is 0. The van der Waals surface area contributed by atoms with Gasteiger partial charge in [0.25, 0.3) is 0 Å². The molecule has 1 aliphatic heterocycles. The van der Waals surface area contributed by atoms with E-state index in [1.54, 1.807) is 0 Å². The predicted octanol–water partition coefficient (Wildman–Crippen LogP) is -1.33. The highest BCUT2D eigenvalue weighted by Gasteiger charge is 2.26. The van der Waals surface area contributed by atoms with E-state index in [0.29, 0.717) is 13.2 Å². The molecule has 0 aliphatic carbocycles. The van der Waals surface area contributed by atoms with Gasteiger partial charge in [0.2, 0.25) is 0 Å². The van der Waals surface area contributed by atoms with Crippen molar-refractivity contribution in [1.82, 2.24) is 4.90 Å². The summed E-state index contributed by atoms with van der Waals surface area (Å²) >= 11 is 0. The molecule has 4 heteroatoms. The molecule has 1 fully saturated rings. The standard InChI is InChI=1S/C7H15NO3/c1-8-6(2-9)4-11-5-7(8)3-10/h6-7,9-10H,2-5H2,1H3. The molecule has 2 N–H and O–H groups in total. The maximum Gasteiger partial charge on any atom is 0.0645 e. The first-order valence-electron chi connectivity index (χ1n) is 3.81. The number of likely N-dealkylation sites (N-methyl/N-ethyl adjacent to an activating group) is 1. The SMILES string of the molecule is CN1C(CO)COCC1CO. The zero-order valence-electron chi connectivity index (χ0n) is 6.73. The van der Waals surface area contributed by atoms with Crippen LogP contribution in [0, 0.1) is 0 Å². The fourth-order valence-electron chi connectivity index (χ4n) is 1.24. The van der Waals surface area contributed by atoms with Crippen molar-refractivity contribution in [3.8, 4) is 0 Å². The number of morpholine rings is 1. The van der Waals surface area contributed by atoms with Crippen LogP contribution in [-0.2, 0) is 4.74 Å². The molecular weight excluding hydrogens is 146 g/mol. The van der Waals surface area contributed by atoms with Gasteiger partial charge >= 0.3 is 0 Å². The van der Waals surface area contributed by atoms with Crippen LogP contribution in [0.3, 0.4) is 0 Å². The molecule has 0 bridgehead atoms. The minimum Gasteiger partial charge on any atom is -0.395 e. The van der Waals surface area contributed by atoms with Crippen LogP contribution >= 0.6 is 0 Å². The van der Waals surface area contributed by atoms with E-state index in [1.807, 2.05) is 11.9 Å². The first kappa shape index (κ1) is 8.93. The van der Waals surface area contributed by atoms with Gasteiger partial charge < -0.3 is 14.9 Å². The van der Waals surface area contributed by atoms with E-state index in [4.69, 9.17) is 14.9 Å². The Balaban J connectivity index is 2.45. The van der Waals surface area contributed by atoms with Gasteiger partial charge in [-0.2, -0.15) is 0 Å². The summed E-state index contributed by atoms with van der Waals surface area (Å²) in [5.74, 6) is 0. The third-order valence-electron chi connectivity index (χ3n) is 2.19. The minimum absolute atomic E-state index is 0.0425. The molecule has 0 aromatic carbocycles. The summed E-state index contributed by atoms with van der Waals surface area (Å²) in [4.78, 5) is 1.96. The lowest BCUT2D eigenvalue weighted by molar-refractivity contribution is -0.0664. The second-order valence-corrected chi connectivity index (χ2v) is 2.88. The van der Waals surface area contributed by atoms with Gasteiger partial charge in [0.1, 0.15) is 0 Å². The average molecular weight is 161 g/mol. The number of rotatable bonds is 2.